The molecule has 1 atom stereocenters. The summed E-state index contributed by atoms with van der Waals surface area (Å²) in [4.78, 5) is 32.5. The molecule has 1 aliphatic rings. The van der Waals surface area contributed by atoms with Crippen molar-refractivity contribution >= 4 is 17.7 Å². The molecule has 1 aliphatic heterocycles. The van der Waals surface area contributed by atoms with Crippen molar-refractivity contribution in [2.75, 3.05) is 44.3 Å². The van der Waals surface area contributed by atoms with Gasteiger partial charge >= 0.3 is 5.97 Å². The summed E-state index contributed by atoms with van der Waals surface area (Å²) in [5, 5.41) is 0. The number of hydrogen-bond acceptors (Lipinski definition) is 6. The van der Waals surface area contributed by atoms with Gasteiger partial charge in [0.05, 0.1) is 12.2 Å². The first-order valence-electron chi connectivity index (χ1n) is 9.70. The summed E-state index contributed by atoms with van der Waals surface area (Å²) in [6.45, 7) is 11.5. The minimum atomic E-state index is -0.405. The SMILES string of the molecule is CCOC(=O)c1ccc(N2CCN(C(=O)C(C)OCCC(C)C)CC2)nc1. The zero-order valence-corrected chi connectivity index (χ0v) is 16.8. The normalized spacial score (nSPS) is 15.7. The van der Waals surface area contributed by atoms with Crippen LogP contribution in [0.5, 0.6) is 0 Å². The molecule has 0 aliphatic carbocycles. The van der Waals surface area contributed by atoms with Crippen LogP contribution in [0.25, 0.3) is 0 Å². The molecule has 1 saturated heterocycles. The van der Waals surface area contributed by atoms with Crippen molar-refractivity contribution in [1.82, 2.24) is 9.88 Å². The topological polar surface area (TPSA) is 72.0 Å². The van der Waals surface area contributed by atoms with Gasteiger partial charge in [0.25, 0.3) is 5.91 Å². The third-order valence-corrected chi connectivity index (χ3v) is 4.59. The lowest BCUT2D eigenvalue weighted by Crippen LogP contribution is -2.51. The number of hydrogen-bond donors (Lipinski definition) is 0. The lowest BCUT2D eigenvalue weighted by atomic mass is 10.1. The molecule has 0 saturated carbocycles. The molecule has 7 heteroatoms. The Labute approximate surface area is 161 Å². The third kappa shape index (κ3) is 6.20. The van der Waals surface area contributed by atoms with E-state index in [1.807, 2.05) is 17.9 Å². The third-order valence-electron chi connectivity index (χ3n) is 4.59. The van der Waals surface area contributed by atoms with Gasteiger partial charge in [-0.3, -0.25) is 4.79 Å². The van der Waals surface area contributed by atoms with Crippen molar-refractivity contribution in [2.24, 2.45) is 5.92 Å². The summed E-state index contributed by atoms with van der Waals surface area (Å²) in [6, 6.07) is 3.55. The number of rotatable bonds is 8. The molecule has 0 radical (unpaired) electrons. The van der Waals surface area contributed by atoms with Crippen LogP contribution in [0.3, 0.4) is 0 Å². The number of pyridine rings is 1. The predicted octanol–water partition coefficient (Wildman–Crippen LogP) is 2.36. The summed E-state index contributed by atoms with van der Waals surface area (Å²) >= 11 is 0. The fourth-order valence-electron chi connectivity index (χ4n) is 2.87. The maximum Gasteiger partial charge on any atom is 0.339 e. The number of piperazine rings is 1. The first-order valence-corrected chi connectivity index (χ1v) is 9.70. The minimum absolute atomic E-state index is 0.0454. The Hall–Kier alpha value is -2.15. The second-order valence-electron chi connectivity index (χ2n) is 7.13. The van der Waals surface area contributed by atoms with Gasteiger partial charge in [0.1, 0.15) is 11.9 Å². The molecule has 1 fully saturated rings. The average molecular weight is 377 g/mol. The van der Waals surface area contributed by atoms with Gasteiger partial charge in [0.2, 0.25) is 0 Å². The second kappa shape index (κ2) is 10.3. The first-order chi connectivity index (χ1) is 12.9. The number of carbonyl (C=O) groups is 2. The number of nitrogens with zero attached hydrogens (tertiary/aromatic N) is 3. The van der Waals surface area contributed by atoms with E-state index < -0.39 is 6.10 Å². The van der Waals surface area contributed by atoms with Crippen LogP contribution >= 0.6 is 0 Å². The van der Waals surface area contributed by atoms with Gasteiger partial charge in [0, 0.05) is 39.0 Å². The van der Waals surface area contributed by atoms with Crippen molar-refractivity contribution in [3.8, 4) is 0 Å². The Morgan fingerprint density at radius 2 is 1.85 bits per heavy atom. The predicted molar refractivity (Wildman–Crippen MR) is 104 cm³/mol. The molecule has 0 bridgehead atoms. The highest BCUT2D eigenvalue weighted by atomic mass is 16.5. The van der Waals surface area contributed by atoms with E-state index in [-0.39, 0.29) is 11.9 Å². The maximum absolute atomic E-state index is 12.5. The van der Waals surface area contributed by atoms with Crippen molar-refractivity contribution in [1.29, 1.82) is 0 Å². The van der Waals surface area contributed by atoms with Gasteiger partial charge in [0.15, 0.2) is 0 Å². The van der Waals surface area contributed by atoms with E-state index in [1.54, 1.807) is 13.0 Å². The van der Waals surface area contributed by atoms with E-state index in [1.165, 1.54) is 6.20 Å². The second-order valence-corrected chi connectivity index (χ2v) is 7.13. The molecule has 0 N–H and O–H groups in total. The van der Waals surface area contributed by atoms with Crippen molar-refractivity contribution in [2.45, 2.75) is 40.2 Å². The van der Waals surface area contributed by atoms with Gasteiger partial charge in [-0.1, -0.05) is 13.8 Å². The molecule has 1 amide bonds. The monoisotopic (exact) mass is 377 g/mol. The number of carbonyl (C=O) groups excluding carboxylic acids is 2. The standard InChI is InChI=1S/C20H31N3O4/c1-5-26-20(25)17-6-7-18(21-14-17)22-9-11-23(12-10-22)19(24)16(4)27-13-8-15(2)3/h6-7,14-16H,5,8-13H2,1-4H3. The molecular formula is C20H31N3O4. The molecule has 0 aromatic carbocycles. The Bertz CT molecular complexity index is 610. The number of anilines is 1. The van der Waals surface area contributed by atoms with Crippen molar-refractivity contribution in [3.05, 3.63) is 23.9 Å². The van der Waals surface area contributed by atoms with Crippen molar-refractivity contribution in [3.63, 3.8) is 0 Å². The molecule has 150 valence electrons. The fraction of sp³-hybridized carbons (Fsp3) is 0.650. The smallest absolute Gasteiger partial charge is 0.339 e. The number of amides is 1. The van der Waals surface area contributed by atoms with Crippen LogP contribution < -0.4 is 4.90 Å². The number of ether oxygens (including phenoxy) is 2. The Kier molecular flexibility index (Phi) is 8.03. The molecule has 1 aromatic rings. The Morgan fingerprint density at radius 3 is 2.41 bits per heavy atom. The van der Waals surface area contributed by atoms with Gasteiger partial charge in [-0.25, -0.2) is 9.78 Å². The van der Waals surface area contributed by atoms with E-state index in [2.05, 4.69) is 23.7 Å². The molecule has 2 heterocycles. The highest BCUT2D eigenvalue weighted by Crippen LogP contribution is 2.15. The number of esters is 1. The van der Waals surface area contributed by atoms with E-state index in [4.69, 9.17) is 9.47 Å². The van der Waals surface area contributed by atoms with Crippen LogP contribution in [0.4, 0.5) is 5.82 Å². The van der Waals surface area contributed by atoms with E-state index >= 15 is 0 Å². The Morgan fingerprint density at radius 1 is 1.15 bits per heavy atom. The van der Waals surface area contributed by atoms with Crippen LogP contribution in [0.2, 0.25) is 0 Å². The molecule has 27 heavy (non-hydrogen) atoms. The Balaban J connectivity index is 1.82. The zero-order valence-electron chi connectivity index (χ0n) is 16.8. The van der Waals surface area contributed by atoms with E-state index in [0.717, 1.165) is 12.2 Å². The molecule has 7 nitrogen and oxygen atoms in total. The summed E-state index contributed by atoms with van der Waals surface area (Å²) in [7, 11) is 0. The molecule has 0 spiro atoms. The first kappa shape index (κ1) is 21.2. The van der Waals surface area contributed by atoms with Gasteiger partial charge in [-0.15, -0.1) is 0 Å². The zero-order chi connectivity index (χ0) is 19.8. The largest absolute Gasteiger partial charge is 0.462 e. The highest BCUT2D eigenvalue weighted by molar-refractivity contribution is 5.89. The quantitative estimate of drug-likeness (QED) is 0.648. The molecular weight excluding hydrogens is 346 g/mol. The summed E-state index contributed by atoms with van der Waals surface area (Å²) in [6.07, 6.45) is 2.09. The summed E-state index contributed by atoms with van der Waals surface area (Å²) in [5.41, 5.74) is 0.446. The van der Waals surface area contributed by atoms with Gasteiger partial charge in [-0.05, 0) is 38.3 Å². The fourth-order valence-corrected chi connectivity index (χ4v) is 2.87. The number of aromatic nitrogens is 1. The van der Waals surface area contributed by atoms with Gasteiger partial charge in [-0.2, -0.15) is 0 Å². The van der Waals surface area contributed by atoms with Crippen LogP contribution in [0.1, 0.15) is 44.5 Å². The lowest BCUT2D eigenvalue weighted by molar-refractivity contribution is -0.143. The lowest BCUT2D eigenvalue weighted by Gasteiger charge is -2.36. The molecule has 1 unspecified atom stereocenters. The summed E-state index contributed by atoms with van der Waals surface area (Å²) < 4.78 is 10.6. The molecule has 2 rings (SSSR count). The van der Waals surface area contributed by atoms with Crippen LogP contribution in [0.15, 0.2) is 18.3 Å². The maximum atomic E-state index is 12.5. The highest BCUT2D eigenvalue weighted by Gasteiger charge is 2.26. The van der Waals surface area contributed by atoms with E-state index in [9.17, 15) is 9.59 Å². The van der Waals surface area contributed by atoms with Crippen LogP contribution in [-0.4, -0.2) is 67.3 Å². The van der Waals surface area contributed by atoms with E-state index in [0.29, 0.717) is 50.9 Å². The van der Waals surface area contributed by atoms with Crippen molar-refractivity contribution < 1.29 is 19.1 Å². The molecule has 1 aromatic heterocycles. The average Bonchev–Trinajstić information content (AvgIpc) is 2.67. The van der Waals surface area contributed by atoms with Gasteiger partial charge < -0.3 is 19.3 Å². The summed E-state index contributed by atoms with van der Waals surface area (Å²) in [5.74, 6) is 1.05. The van der Waals surface area contributed by atoms with Crippen LogP contribution in [-0.2, 0) is 14.3 Å². The minimum Gasteiger partial charge on any atom is -0.462 e. The van der Waals surface area contributed by atoms with Crippen LogP contribution in [0, 0.1) is 5.92 Å².